The van der Waals surface area contributed by atoms with Gasteiger partial charge in [0.2, 0.25) is 0 Å². The summed E-state index contributed by atoms with van der Waals surface area (Å²) in [7, 11) is 0. The molecule has 5 nitrogen and oxygen atoms in total. The van der Waals surface area contributed by atoms with Gasteiger partial charge in [-0.25, -0.2) is 0 Å². The third kappa shape index (κ3) is 4.80. The molecule has 0 spiro atoms. The number of benzene rings is 2. The van der Waals surface area contributed by atoms with Gasteiger partial charge in [0.1, 0.15) is 18.2 Å². The smallest absolute Gasteiger partial charge is 0.145 e. The van der Waals surface area contributed by atoms with Gasteiger partial charge in [-0.3, -0.25) is 9.89 Å². The minimum atomic E-state index is 0.540. The molecule has 27 heavy (non-hydrogen) atoms. The molecule has 4 rings (SSSR count). The molecule has 0 aliphatic carbocycles. The fourth-order valence-corrected chi connectivity index (χ4v) is 3.65. The summed E-state index contributed by atoms with van der Waals surface area (Å²) < 4.78 is 5.73. The van der Waals surface area contributed by atoms with Crippen molar-refractivity contribution in [2.75, 3.05) is 56.1 Å². The molecule has 2 aliphatic heterocycles. The molecule has 1 N–H and O–H groups in total. The van der Waals surface area contributed by atoms with E-state index in [1.54, 1.807) is 0 Å². The first-order valence-electron chi connectivity index (χ1n) is 9.93. The molecule has 2 heterocycles. The largest absolute Gasteiger partial charge is 0.484 e. The van der Waals surface area contributed by atoms with Crippen LogP contribution in [0.25, 0.3) is 0 Å². The SMILES string of the molecule is c1ccc(N2CCN(CCCCN=C3COc4ccccc4N3)CC2)cc1. The van der Waals surface area contributed by atoms with Crippen molar-refractivity contribution in [3.8, 4) is 5.75 Å². The maximum Gasteiger partial charge on any atom is 0.145 e. The van der Waals surface area contributed by atoms with Crippen molar-refractivity contribution in [3.05, 3.63) is 54.6 Å². The molecule has 2 aromatic rings. The first-order chi connectivity index (χ1) is 13.4. The molecule has 142 valence electrons. The highest BCUT2D eigenvalue weighted by molar-refractivity contribution is 5.99. The number of ether oxygens (including phenoxy) is 1. The molecular formula is C22H28N4O. The van der Waals surface area contributed by atoms with Crippen molar-refractivity contribution in [2.45, 2.75) is 12.8 Å². The molecule has 0 atom stereocenters. The van der Waals surface area contributed by atoms with E-state index in [1.807, 2.05) is 24.3 Å². The fourth-order valence-electron chi connectivity index (χ4n) is 3.65. The van der Waals surface area contributed by atoms with Gasteiger partial charge in [0.25, 0.3) is 0 Å². The number of anilines is 2. The molecule has 2 aliphatic rings. The zero-order valence-electron chi connectivity index (χ0n) is 15.8. The predicted octanol–water partition coefficient (Wildman–Crippen LogP) is 3.49. The molecule has 0 saturated carbocycles. The van der Waals surface area contributed by atoms with Gasteiger partial charge >= 0.3 is 0 Å². The van der Waals surface area contributed by atoms with Gasteiger partial charge in [0, 0.05) is 38.4 Å². The van der Waals surface area contributed by atoms with Crippen LogP contribution in [0.4, 0.5) is 11.4 Å². The van der Waals surface area contributed by atoms with E-state index in [4.69, 9.17) is 4.74 Å². The topological polar surface area (TPSA) is 40.1 Å². The summed E-state index contributed by atoms with van der Waals surface area (Å²) in [5, 5.41) is 3.37. The zero-order valence-corrected chi connectivity index (χ0v) is 15.8. The number of fused-ring (bicyclic) bond motifs is 1. The summed E-state index contributed by atoms with van der Waals surface area (Å²) in [6.07, 6.45) is 2.31. The number of hydrogen-bond donors (Lipinski definition) is 1. The van der Waals surface area contributed by atoms with E-state index in [-0.39, 0.29) is 0 Å². The number of rotatable bonds is 6. The second-order valence-corrected chi connectivity index (χ2v) is 7.11. The van der Waals surface area contributed by atoms with E-state index in [9.17, 15) is 0 Å². The van der Waals surface area contributed by atoms with Crippen molar-refractivity contribution in [1.29, 1.82) is 0 Å². The van der Waals surface area contributed by atoms with Gasteiger partial charge in [0.05, 0.1) is 5.69 Å². The van der Waals surface area contributed by atoms with E-state index in [0.29, 0.717) is 6.61 Å². The number of nitrogens with one attached hydrogen (secondary N) is 1. The van der Waals surface area contributed by atoms with E-state index in [0.717, 1.165) is 56.4 Å². The highest BCUT2D eigenvalue weighted by Crippen LogP contribution is 2.26. The molecular weight excluding hydrogens is 336 g/mol. The van der Waals surface area contributed by atoms with Gasteiger partial charge in [0.15, 0.2) is 0 Å². The summed E-state index contributed by atoms with van der Waals surface area (Å²) in [6, 6.07) is 18.7. The maximum atomic E-state index is 5.73. The zero-order chi connectivity index (χ0) is 18.3. The van der Waals surface area contributed by atoms with E-state index in [2.05, 4.69) is 50.4 Å². The number of amidine groups is 1. The lowest BCUT2D eigenvalue weighted by atomic mass is 10.2. The summed E-state index contributed by atoms with van der Waals surface area (Å²) in [5.41, 5.74) is 2.36. The lowest BCUT2D eigenvalue weighted by molar-refractivity contribution is 0.253. The van der Waals surface area contributed by atoms with Crippen LogP contribution < -0.4 is 15.0 Å². The maximum absolute atomic E-state index is 5.73. The first-order valence-corrected chi connectivity index (χ1v) is 9.93. The van der Waals surface area contributed by atoms with E-state index >= 15 is 0 Å². The molecule has 0 radical (unpaired) electrons. The second kappa shape index (κ2) is 8.91. The van der Waals surface area contributed by atoms with Crippen LogP contribution in [-0.2, 0) is 0 Å². The van der Waals surface area contributed by atoms with Crippen molar-refractivity contribution in [1.82, 2.24) is 4.90 Å². The summed E-state index contributed by atoms with van der Waals surface area (Å²) in [4.78, 5) is 9.73. The Morgan fingerprint density at radius 1 is 0.889 bits per heavy atom. The molecule has 0 bridgehead atoms. The highest BCUT2D eigenvalue weighted by Gasteiger charge is 2.16. The lowest BCUT2D eigenvalue weighted by Gasteiger charge is -2.36. The number of para-hydroxylation sites is 3. The van der Waals surface area contributed by atoms with Crippen molar-refractivity contribution >= 4 is 17.2 Å². The van der Waals surface area contributed by atoms with Crippen LogP contribution in [-0.4, -0.2) is 56.6 Å². The van der Waals surface area contributed by atoms with Crippen LogP contribution in [0.1, 0.15) is 12.8 Å². The third-order valence-corrected chi connectivity index (χ3v) is 5.21. The average Bonchev–Trinajstić information content (AvgIpc) is 2.74. The van der Waals surface area contributed by atoms with E-state index < -0.39 is 0 Å². The molecule has 1 saturated heterocycles. The Balaban J connectivity index is 1.14. The van der Waals surface area contributed by atoms with Crippen molar-refractivity contribution in [2.24, 2.45) is 4.99 Å². The molecule has 2 aromatic carbocycles. The molecule has 0 amide bonds. The number of piperazine rings is 1. The standard InChI is InChI=1S/C22H28N4O/c1-2-8-19(9-3-1)26-16-14-25(15-17-26)13-7-6-12-23-22-18-27-21-11-5-4-10-20(21)24-22/h1-5,8-11H,6-7,12-18H2,(H,23,24). The number of nitrogens with zero attached hydrogens (tertiary/aromatic N) is 3. The van der Waals surface area contributed by atoms with Crippen LogP contribution in [0.5, 0.6) is 5.75 Å². The van der Waals surface area contributed by atoms with E-state index in [1.165, 1.54) is 18.7 Å². The average molecular weight is 364 g/mol. The Morgan fingerprint density at radius 2 is 1.67 bits per heavy atom. The molecule has 0 unspecified atom stereocenters. The van der Waals surface area contributed by atoms with Crippen LogP contribution in [0.2, 0.25) is 0 Å². The quantitative estimate of drug-likeness (QED) is 0.797. The Hall–Kier alpha value is -2.53. The number of aliphatic imine (C=N–C) groups is 1. The monoisotopic (exact) mass is 364 g/mol. The van der Waals surface area contributed by atoms with Gasteiger partial charge in [-0.05, 0) is 43.7 Å². The Morgan fingerprint density at radius 3 is 2.52 bits per heavy atom. The van der Waals surface area contributed by atoms with Gasteiger partial charge in [-0.15, -0.1) is 0 Å². The van der Waals surface area contributed by atoms with Gasteiger partial charge in [-0.2, -0.15) is 0 Å². The molecule has 1 fully saturated rings. The number of hydrogen-bond acceptors (Lipinski definition) is 4. The second-order valence-electron chi connectivity index (χ2n) is 7.11. The third-order valence-electron chi connectivity index (χ3n) is 5.21. The molecule has 5 heteroatoms. The van der Waals surface area contributed by atoms with Crippen molar-refractivity contribution < 1.29 is 4.74 Å². The summed E-state index contributed by atoms with van der Waals surface area (Å²) in [6.45, 7) is 7.10. The minimum Gasteiger partial charge on any atom is -0.484 e. The highest BCUT2D eigenvalue weighted by atomic mass is 16.5. The normalized spacial score (nSPS) is 18.7. The number of unbranched alkanes of at least 4 members (excludes halogenated alkanes) is 1. The van der Waals surface area contributed by atoms with Crippen molar-refractivity contribution in [3.63, 3.8) is 0 Å². The van der Waals surface area contributed by atoms with Crippen LogP contribution in [0.3, 0.4) is 0 Å². The fraction of sp³-hybridized carbons (Fsp3) is 0.409. The molecule has 0 aromatic heterocycles. The van der Waals surface area contributed by atoms with Gasteiger partial charge in [-0.1, -0.05) is 30.3 Å². The summed E-state index contributed by atoms with van der Waals surface area (Å²) >= 11 is 0. The Bertz CT molecular complexity index is 754. The first kappa shape index (κ1) is 17.9. The minimum absolute atomic E-state index is 0.540. The van der Waals surface area contributed by atoms with Crippen LogP contribution >= 0.6 is 0 Å². The van der Waals surface area contributed by atoms with Crippen LogP contribution in [0.15, 0.2) is 59.6 Å². The predicted molar refractivity (Wildman–Crippen MR) is 112 cm³/mol. The summed E-state index contributed by atoms with van der Waals surface area (Å²) in [5.74, 6) is 1.84. The Labute approximate surface area is 161 Å². The lowest BCUT2D eigenvalue weighted by Crippen LogP contribution is -2.46. The van der Waals surface area contributed by atoms with Gasteiger partial charge < -0.3 is 15.0 Å². The Kier molecular flexibility index (Phi) is 5.89. The van der Waals surface area contributed by atoms with Crippen LogP contribution in [0, 0.1) is 0 Å².